The number of amides is 1. The Bertz CT molecular complexity index is 1650. The number of ether oxygens (including phenoxy) is 2. The average Bonchev–Trinajstić information content (AvgIpc) is 2.98. The van der Waals surface area contributed by atoms with Gasteiger partial charge >= 0.3 is 11.9 Å². The molecule has 0 aliphatic heterocycles. The van der Waals surface area contributed by atoms with E-state index in [4.69, 9.17) is 9.47 Å². The number of hydrogen-bond donors (Lipinski definition) is 1. The van der Waals surface area contributed by atoms with Gasteiger partial charge in [0.25, 0.3) is 11.6 Å². The average molecular weight is 614 g/mol. The Morgan fingerprint density at radius 1 is 0.780 bits per heavy atom. The second kappa shape index (κ2) is 13.6. The summed E-state index contributed by atoms with van der Waals surface area (Å²) in [6.45, 7) is 0. The summed E-state index contributed by atoms with van der Waals surface area (Å²) in [7, 11) is 0. The first-order valence-electron chi connectivity index (χ1n) is 11.9. The molecule has 0 aromatic heterocycles. The van der Waals surface area contributed by atoms with Crippen molar-refractivity contribution in [1.82, 2.24) is 5.43 Å². The number of nitro groups is 1. The zero-order chi connectivity index (χ0) is 29.2. The van der Waals surface area contributed by atoms with Crippen molar-refractivity contribution in [3.63, 3.8) is 0 Å². The number of nitrogens with zero attached hydrogens (tertiary/aromatic N) is 2. The van der Waals surface area contributed by atoms with Crippen LogP contribution in [0.15, 0.2) is 113 Å². The van der Waals surface area contributed by atoms with Crippen LogP contribution in [0, 0.1) is 10.1 Å². The largest absolute Gasteiger partial charge is 0.423 e. The molecule has 11 heteroatoms. The van der Waals surface area contributed by atoms with Gasteiger partial charge in [0, 0.05) is 39.4 Å². The van der Waals surface area contributed by atoms with Gasteiger partial charge in [-0.2, -0.15) is 5.10 Å². The molecular weight excluding hydrogens is 594 g/mol. The number of non-ortho nitro benzene ring substituents is 1. The van der Waals surface area contributed by atoms with Crippen molar-refractivity contribution >= 4 is 51.8 Å². The Morgan fingerprint density at radius 2 is 1.37 bits per heavy atom. The van der Waals surface area contributed by atoms with E-state index in [1.165, 1.54) is 42.6 Å². The number of benzene rings is 4. The summed E-state index contributed by atoms with van der Waals surface area (Å²) in [5, 5.41) is 14.7. The highest BCUT2D eigenvalue weighted by atomic mass is 79.9. The lowest BCUT2D eigenvalue weighted by atomic mass is 10.2. The summed E-state index contributed by atoms with van der Waals surface area (Å²) < 4.78 is 11.8. The van der Waals surface area contributed by atoms with Gasteiger partial charge in [0.05, 0.1) is 16.7 Å². The van der Waals surface area contributed by atoms with Crippen molar-refractivity contribution in [1.29, 1.82) is 0 Å². The highest BCUT2D eigenvalue weighted by Crippen LogP contribution is 2.22. The molecule has 0 aliphatic rings. The topological polar surface area (TPSA) is 137 Å². The molecule has 4 aromatic rings. The summed E-state index contributed by atoms with van der Waals surface area (Å²) in [6, 6.07) is 25.0. The lowest BCUT2D eigenvalue weighted by Gasteiger charge is -2.08. The fourth-order valence-electron chi connectivity index (χ4n) is 3.40. The molecule has 0 saturated carbocycles. The number of carbonyl (C=O) groups excluding carboxylic acids is 3. The summed E-state index contributed by atoms with van der Waals surface area (Å²) in [4.78, 5) is 47.6. The molecule has 0 saturated heterocycles. The van der Waals surface area contributed by atoms with Gasteiger partial charge in [-0.1, -0.05) is 46.3 Å². The Morgan fingerprint density at radius 3 is 2.02 bits per heavy atom. The minimum absolute atomic E-state index is 0.139. The molecule has 0 aliphatic carbocycles. The van der Waals surface area contributed by atoms with E-state index in [-0.39, 0.29) is 22.7 Å². The molecule has 0 atom stereocenters. The van der Waals surface area contributed by atoms with E-state index in [2.05, 4.69) is 26.5 Å². The van der Waals surface area contributed by atoms with Crippen LogP contribution in [0.4, 0.5) is 5.69 Å². The van der Waals surface area contributed by atoms with Gasteiger partial charge in [0.15, 0.2) is 0 Å². The minimum atomic E-state index is -0.699. The van der Waals surface area contributed by atoms with Gasteiger partial charge in [0.1, 0.15) is 11.5 Å². The van der Waals surface area contributed by atoms with Crippen molar-refractivity contribution in [3.05, 3.63) is 140 Å². The SMILES string of the molecule is O=C(/C=C/c1ccccc1OC(=O)c1ccc(Br)cc1)Oc1ccccc1/C=N/NC(=O)c1ccc([N+](=O)[O-])cc1. The van der Waals surface area contributed by atoms with Crippen molar-refractivity contribution in [3.8, 4) is 11.5 Å². The molecule has 0 bridgehead atoms. The van der Waals surface area contributed by atoms with Crippen LogP contribution in [-0.4, -0.2) is 29.0 Å². The van der Waals surface area contributed by atoms with E-state index >= 15 is 0 Å². The third-order valence-electron chi connectivity index (χ3n) is 5.44. The second-order valence-electron chi connectivity index (χ2n) is 8.23. The maximum absolute atomic E-state index is 12.6. The number of hydrogen-bond acceptors (Lipinski definition) is 8. The summed E-state index contributed by atoms with van der Waals surface area (Å²) in [5.41, 5.74) is 3.62. The lowest BCUT2D eigenvalue weighted by Crippen LogP contribution is -2.17. The number of nitrogens with one attached hydrogen (secondary N) is 1. The van der Waals surface area contributed by atoms with E-state index in [1.807, 2.05) is 0 Å². The quantitative estimate of drug-likeness (QED) is 0.0614. The fourth-order valence-corrected chi connectivity index (χ4v) is 3.66. The molecule has 41 heavy (non-hydrogen) atoms. The number of hydrazone groups is 1. The zero-order valence-corrected chi connectivity index (χ0v) is 22.7. The standard InChI is InChI=1S/C30H20BrN3O7/c31-24-14-9-22(10-15-24)30(37)41-26-7-3-1-5-20(26)13-18-28(35)40-27-8-4-2-6-23(27)19-32-33-29(36)21-11-16-25(17-12-21)34(38)39/h1-19H,(H,33,36)/b18-13+,32-19+. The smallest absolute Gasteiger partial charge is 0.343 e. The van der Waals surface area contributed by atoms with Gasteiger partial charge in [-0.15, -0.1) is 0 Å². The van der Waals surface area contributed by atoms with Gasteiger partial charge in [-0.25, -0.2) is 15.0 Å². The number of halogens is 1. The predicted molar refractivity (Wildman–Crippen MR) is 155 cm³/mol. The van der Waals surface area contributed by atoms with Gasteiger partial charge in [-0.3, -0.25) is 14.9 Å². The molecule has 1 N–H and O–H groups in total. The summed E-state index contributed by atoms with van der Waals surface area (Å²) >= 11 is 3.32. The molecular formula is C30H20BrN3O7. The third-order valence-corrected chi connectivity index (χ3v) is 5.97. The van der Waals surface area contributed by atoms with Crippen molar-refractivity contribution in [2.75, 3.05) is 0 Å². The fraction of sp³-hybridized carbons (Fsp3) is 0. The first-order valence-corrected chi connectivity index (χ1v) is 12.7. The monoisotopic (exact) mass is 613 g/mol. The molecule has 204 valence electrons. The van der Waals surface area contributed by atoms with Crippen LogP contribution in [0.25, 0.3) is 6.08 Å². The molecule has 0 heterocycles. The number of nitro benzene ring substituents is 1. The van der Waals surface area contributed by atoms with E-state index in [1.54, 1.807) is 72.8 Å². The third kappa shape index (κ3) is 8.04. The van der Waals surface area contributed by atoms with E-state index in [9.17, 15) is 24.5 Å². The molecule has 0 radical (unpaired) electrons. The van der Waals surface area contributed by atoms with E-state index in [0.717, 1.165) is 4.47 Å². The van der Waals surface area contributed by atoms with Gasteiger partial charge in [-0.05, 0) is 60.7 Å². The number of rotatable bonds is 9. The lowest BCUT2D eigenvalue weighted by molar-refractivity contribution is -0.384. The number of esters is 2. The normalized spacial score (nSPS) is 10.9. The molecule has 0 spiro atoms. The maximum Gasteiger partial charge on any atom is 0.343 e. The molecule has 4 aromatic carbocycles. The second-order valence-corrected chi connectivity index (χ2v) is 9.15. The summed E-state index contributed by atoms with van der Waals surface area (Å²) in [5.74, 6) is -1.37. The highest BCUT2D eigenvalue weighted by molar-refractivity contribution is 9.10. The number of para-hydroxylation sites is 2. The van der Waals surface area contributed by atoms with E-state index < -0.39 is 22.8 Å². The Balaban J connectivity index is 1.39. The van der Waals surface area contributed by atoms with Crippen LogP contribution in [0.3, 0.4) is 0 Å². The predicted octanol–water partition coefficient (Wildman–Crippen LogP) is 5.96. The van der Waals surface area contributed by atoms with Crippen molar-refractivity contribution in [2.45, 2.75) is 0 Å². The first kappa shape index (κ1) is 28.6. The van der Waals surface area contributed by atoms with Crippen LogP contribution in [-0.2, 0) is 4.79 Å². The Hall–Kier alpha value is -5.42. The first-order chi connectivity index (χ1) is 19.8. The van der Waals surface area contributed by atoms with Gasteiger partial charge < -0.3 is 9.47 Å². The highest BCUT2D eigenvalue weighted by Gasteiger charge is 2.12. The Kier molecular flexibility index (Phi) is 9.47. The van der Waals surface area contributed by atoms with Crippen LogP contribution in [0.2, 0.25) is 0 Å². The molecule has 10 nitrogen and oxygen atoms in total. The van der Waals surface area contributed by atoms with Crippen molar-refractivity contribution in [2.24, 2.45) is 5.10 Å². The van der Waals surface area contributed by atoms with Gasteiger partial charge in [0.2, 0.25) is 0 Å². The molecule has 0 fully saturated rings. The van der Waals surface area contributed by atoms with Crippen molar-refractivity contribution < 1.29 is 28.8 Å². The van der Waals surface area contributed by atoms with Crippen LogP contribution in [0.1, 0.15) is 31.8 Å². The zero-order valence-electron chi connectivity index (χ0n) is 21.1. The maximum atomic E-state index is 12.6. The van der Waals surface area contributed by atoms with Crippen LogP contribution < -0.4 is 14.9 Å². The van der Waals surface area contributed by atoms with Crippen LogP contribution in [0.5, 0.6) is 11.5 Å². The molecule has 0 unspecified atom stereocenters. The molecule has 4 rings (SSSR count). The Labute approximate surface area is 242 Å². The number of carbonyl (C=O) groups is 3. The minimum Gasteiger partial charge on any atom is -0.423 e. The molecule has 1 amide bonds. The van der Waals surface area contributed by atoms with E-state index in [0.29, 0.717) is 16.7 Å². The summed E-state index contributed by atoms with van der Waals surface area (Å²) in [6.07, 6.45) is 3.96. The van der Waals surface area contributed by atoms with Crippen LogP contribution >= 0.6 is 15.9 Å².